The van der Waals surface area contributed by atoms with E-state index in [1.807, 2.05) is 6.07 Å². The van der Waals surface area contributed by atoms with Gasteiger partial charge in [-0.2, -0.15) is 0 Å². The largest absolute Gasteiger partial charge is 0.391 e. The average molecular weight is 323 g/mol. The standard InChI is InChI=1S/C22H29NO/c1-22(2,3)23-20-14-17(15-21(20)24)13-16-9-11-19(12-10-16)18-7-5-4-6-8-18/h4-12,17,20-21,23-24H,13-15H2,1-3H3/t17-,20+,21-/m1/s1. The quantitative estimate of drug-likeness (QED) is 0.873. The highest BCUT2D eigenvalue weighted by Gasteiger charge is 2.34. The van der Waals surface area contributed by atoms with Crippen LogP contribution in [-0.4, -0.2) is 22.8 Å². The lowest BCUT2D eigenvalue weighted by molar-refractivity contribution is 0.133. The summed E-state index contributed by atoms with van der Waals surface area (Å²) in [5.41, 5.74) is 3.94. The van der Waals surface area contributed by atoms with Crippen LogP contribution in [0, 0.1) is 5.92 Å². The molecule has 3 atom stereocenters. The molecule has 1 saturated carbocycles. The van der Waals surface area contributed by atoms with Crippen molar-refractivity contribution < 1.29 is 5.11 Å². The molecule has 2 nitrogen and oxygen atoms in total. The van der Waals surface area contributed by atoms with Gasteiger partial charge in [-0.05, 0) is 62.6 Å². The predicted octanol–water partition coefficient (Wildman–Crippen LogP) is 4.42. The molecular weight excluding hydrogens is 294 g/mol. The molecule has 128 valence electrons. The van der Waals surface area contributed by atoms with Crippen LogP contribution in [0.4, 0.5) is 0 Å². The lowest BCUT2D eigenvalue weighted by atomic mass is 9.95. The van der Waals surface area contributed by atoms with E-state index >= 15 is 0 Å². The fourth-order valence-electron chi connectivity index (χ4n) is 3.79. The first-order valence-corrected chi connectivity index (χ1v) is 9.01. The molecule has 2 heteroatoms. The van der Waals surface area contributed by atoms with E-state index in [2.05, 4.69) is 74.6 Å². The van der Waals surface area contributed by atoms with Gasteiger partial charge in [0.2, 0.25) is 0 Å². The van der Waals surface area contributed by atoms with Crippen molar-refractivity contribution in [1.82, 2.24) is 5.32 Å². The number of rotatable bonds is 4. The molecule has 24 heavy (non-hydrogen) atoms. The van der Waals surface area contributed by atoms with Crippen LogP contribution in [0.3, 0.4) is 0 Å². The number of aliphatic hydroxyl groups is 1. The normalized spacial score (nSPS) is 24.2. The van der Waals surface area contributed by atoms with Crippen LogP contribution in [0.2, 0.25) is 0 Å². The van der Waals surface area contributed by atoms with Crippen molar-refractivity contribution in [3.8, 4) is 11.1 Å². The van der Waals surface area contributed by atoms with Gasteiger partial charge >= 0.3 is 0 Å². The van der Waals surface area contributed by atoms with Crippen LogP contribution in [0.1, 0.15) is 39.2 Å². The summed E-state index contributed by atoms with van der Waals surface area (Å²) in [7, 11) is 0. The van der Waals surface area contributed by atoms with Gasteiger partial charge in [0.15, 0.2) is 0 Å². The lowest BCUT2D eigenvalue weighted by Crippen LogP contribution is -2.47. The number of benzene rings is 2. The van der Waals surface area contributed by atoms with E-state index in [-0.39, 0.29) is 17.7 Å². The zero-order valence-electron chi connectivity index (χ0n) is 15.0. The number of nitrogens with one attached hydrogen (secondary N) is 1. The minimum absolute atomic E-state index is 0.0534. The van der Waals surface area contributed by atoms with Gasteiger partial charge in [0.1, 0.15) is 0 Å². The van der Waals surface area contributed by atoms with E-state index < -0.39 is 0 Å². The molecule has 0 heterocycles. The van der Waals surface area contributed by atoms with E-state index in [0.717, 1.165) is 19.3 Å². The monoisotopic (exact) mass is 323 g/mol. The number of hydrogen-bond donors (Lipinski definition) is 2. The van der Waals surface area contributed by atoms with Crippen molar-refractivity contribution in [1.29, 1.82) is 0 Å². The summed E-state index contributed by atoms with van der Waals surface area (Å²) in [5.74, 6) is 0.558. The predicted molar refractivity (Wildman–Crippen MR) is 101 cm³/mol. The smallest absolute Gasteiger partial charge is 0.0696 e. The summed E-state index contributed by atoms with van der Waals surface area (Å²) in [6.07, 6.45) is 2.78. The summed E-state index contributed by atoms with van der Waals surface area (Å²) in [5, 5.41) is 13.9. The first kappa shape index (κ1) is 17.2. The third-order valence-corrected chi connectivity index (χ3v) is 4.83. The Hall–Kier alpha value is -1.64. The first-order valence-electron chi connectivity index (χ1n) is 9.01. The minimum Gasteiger partial charge on any atom is -0.391 e. The van der Waals surface area contributed by atoms with Crippen molar-refractivity contribution >= 4 is 0 Å². The topological polar surface area (TPSA) is 32.3 Å². The van der Waals surface area contributed by atoms with E-state index in [9.17, 15) is 5.11 Å². The molecule has 1 fully saturated rings. The van der Waals surface area contributed by atoms with E-state index in [1.54, 1.807) is 0 Å². The molecule has 0 saturated heterocycles. The Labute approximate surface area is 145 Å². The van der Waals surface area contributed by atoms with Crippen LogP contribution >= 0.6 is 0 Å². The van der Waals surface area contributed by atoms with Crippen molar-refractivity contribution in [2.24, 2.45) is 5.92 Å². The lowest BCUT2D eigenvalue weighted by Gasteiger charge is -2.27. The molecule has 1 aliphatic rings. The second-order valence-corrected chi connectivity index (χ2v) is 8.17. The molecule has 1 aliphatic carbocycles. The highest BCUT2D eigenvalue weighted by molar-refractivity contribution is 5.63. The molecule has 3 rings (SSSR count). The second-order valence-electron chi connectivity index (χ2n) is 8.17. The maximum Gasteiger partial charge on any atom is 0.0696 e. The summed E-state index contributed by atoms with van der Waals surface area (Å²) < 4.78 is 0. The fraction of sp³-hybridized carbons (Fsp3) is 0.455. The Morgan fingerprint density at radius 2 is 1.54 bits per heavy atom. The molecule has 0 amide bonds. The van der Waals surface area contributed by atoms with Crippen LogP contribution in [0.25, 0.3) is 11.1 Å². The van der Waals surface area contributed by atoms with Crippen molar-refractivity contribution in [3.05, 3.63) is 60.2 Å². The van der Waals surface area contributed by atoms with E-state index in [1.165, 1.54) is 16.7 Å². The molecule has 2 aromatic rings. The minimum atomic E-state index is -0.224. The SMILES string of the molecule is CC(C)(C)N[C@H]1C[C@@H](Cc2ccc(-c3ccccc3)cc2)C[C@H]1O. The fourth-order valence-corrected chi connectivity index (χ4v) is 3.79. The summed E-state index contributed by atoms with van der Waals surface area (Å²) in [6, 6.07) is 19.6. The highest BCUT2D eigenvalue weighted by Crippen LogP contribution is 2.31. The maximum absolute atomic E-state index is 10.3. The summed E-state index contributed by atoms with van der Waals surface area (Å²) >= 11 is 0. The average Bonchev–Trinajstić information content (AvgIpc) is 2.86. The Bertz CT molecular complexity index is 642. The zero-order valence-corrected chi connectivity index (χ0v) is 15.0. The van der Waals surface area contributed by atoms with Gasteiger partial charge in [-0.1, -0.05) is 54.6 Å². The number of aliphatic hydroxyl groups excluding tert-OH is 1. The molecule has 2 N–H and O–H groups in total. The van der Waals surface area contributed by atoms with Gasteiger partial charge in [0, 0.05) is 11.6 Å². The molecular formula is C22H29NO. The molecule has 0 unspecified atom stereocenters. The van der Waals surface area contributed by atoms with Gasteiger partial charge in [-0.15, -0.1) is 0 Å². The maximum atomic E-state index is 10.3. The molecule has 0 radical (unpaired) electrons. The number of hydrogen-bond acceptors (Lipinski definition) is 2. The third kappa shape index (κ3) is 4.46. The van der Waals surface area contributed by atoms with Crippen LogP contribution in [0.5, 0.6) is 0 Å². The van der Waals surface area contributed by atoms with Crippen LogP contribution in [-0.2, 0) is 6.42 Å². The highest BCUT2D eigenvalue weighted by atomic mass is 16.3. The molecule has 0 aromatic heterocycles. The van der Waals surface area contributed by atoms with E-state index in [0.29, 0.717) is 5.92 Å². The van der Waals surface area contributed by atoms with Crippen molar-refractivity contribution in [2.75, 3.05) is 0 Å². The van der Waals surface area contributed by atoms with Crippen LogP contribution < -0.4 is 5.32 Å². The van der Waals surface area contributed by atoms with Gasteiger partial charge < -0.3 is 10.4 Å². The third-order valence-electron chi connectivity index (χ3n) is 4.83. The molecule has 0 spiro atoms. The first-order chi connectivity index (χ1) is 11.4. The summed E-state index contributed by atoms with van der Waals surface area (Å²) in [6.45, 7) is 6.49. The van der Waals surface area contributed by atoms with Gasteiger partial charge in [0.05, 0.1) is 6.10 Å². The van der Waals surface area contributed by atoms with E-state index in [4.69, 9.17) is 0 Å². The molecule has 2 aromatic carbocycles. The van der Waals surface area contributed by atoms with Gasteiger partial charge in [-0.25, -0.2) is 0 Å². The molecule has 0 bridgehead atoms. The molecule has 0 aliphatic heterocycles. The zero-order chi connectivity index (χ0) is 17.2. The Kier molecular flexibility index (Phi) is 5.07. The van der Waals surface area contributed by atoms with Crippen molar-refractivity contribution in [3.63, 3.8) is 0 Å². The Morgan fingerprint density at radius 1 is 0.917 bits per heavy atom. The Morgan fingerprint density at radius 3 is 2.17 bits per heavy atom. The Balaban J connectivity index is 1.61. The van der Waals surface area contributed by atoms with Crippen LogP contribution in [0.15, 0.2) is 54.6 Å². The summed E-state index contributed by atoms with van der Waals surface area (Å²) in [4.78, 5) is 0. The van der Waals surface area contributed by atoms with Crippen molar-refractivity contribution in [2.45, 2.75) is 57.7 Å². The second kappa shape index (κ2) is 7.08. The van der Waals surface area contributed by atoms with Gasteiger partial charge in [0.25, 0.3) is 0 Å². The van der Waals surface area contributed by atoms with Gasteiger partial charge in [-0.3, -0.25) is 0 Å².